The number of halogens is 1. The van der Waals surface area contributed by atoms with E-state index in [4.69, 9.17) is 5.11 Å². The van der Waals surface area contributed by atoms with E-state index in [2.05, 4.69) is 0 Å². The standard InChI is InChI=1S/C9H17IO3/c1-3-5-9(13,6-4-2)7(10)8(11)12/h7,13H,3-6H2,1-2H3,(H,11,12)/t7-/m0/s1. The molecule has 78 valence electrons. The molecule has 0 saturated heterocycles. The van der Waals surface area contributed by atoms with E-state index in [9.17, 15) is 9.90 Å². The number of aliphatic hydroxyl groups is 1. The molecule has 0 saturated carbocycles. The lowest BCUT2D eigenvalue weighted by molar-refractivity contribution is -0.141. The maximum atomic E-state index is 10.7. The summed E-state index contributed by atoms with van der Waals surface area (Å²) in [6.07, 6.45) is 2.73. The zero-order chi connectivity index (χ0) is 10.5. The van der Waals surface area contributed by atoms with Crippen LogP contribution < -0.4 is 0 Å². The van der Waals surface area contributed by atoms with Crippen LogP contribution in [-0.2, 0) is 4.79 Å². The molecule has 0 aliphatic heterocycles. The summed E-state index contributed by atoms with van der Waals surface area (Å²) in [4.78, 5) is 10.7. The zero-order valence-corrected chi connectivity index (χ0v) is 10.2. The molecule has 0 fully saturated rings. The molecule has 4 heteroatoms. The predicted molar refractivity (Wildman–Crippen MR) is 60.2 cm³/mol. The minimum Gasteiger partial charge on any atom is -0.480 e. The van der Waals surface area contributed by atoms with Crippen molar-refractivity contribution in [3.8, 4) is 0 Å². The van der Waals surface area contributed by atoms with E-state index in [1.54, 1.807) is 0 Å². The van der Waals surface area contributed by atoms with Gasteiger partial charge >= 0.3 is 5.97 Å². The van der Waals surface area contributed by atoms with Crippen LogP contribution in [0, 0.1) is 0 Å². The van der Waals surface area contributed by atoms with Crippen molar-refractivity contribution >= 4 is 28.6 Å². The highest BCUT2D eigenvalue weighted by atomic mass is 127. The van der Waals surface area contributed by atoms with Gasteiger partial charge in [0.25, 0.3) is 0 Å². The van der Waals surface area contributed by atoms with E-state index in [-0.39, 0.29) is 0 Å². The minimum absolute atomic E-state index is 0.556. The Balaban J connectivity index is 4.45. The number of carboxylic acid groups (broad SMARTS) is 1. The molecule has 0 aliphatic carbocycles. The molecule has 2 N–H and O–H groups in total. The summed E-state index contributed by atoms with van der Waals surface area (Å²) in [6.45, 7) is 3.90. The molecule has 13 heavy (non-hydrogen) atoms. The molecule has 0 spiro atoms. The monoisotopic (exact) mass is 300 g/mol. The first-order chi connectivity index (χ1) is 5.98. The summed E-state index contributed by atoms with van der Waals surface area (Å²) in [7, 11) is 0. The first-order valence-electron chi connectivity index (χ1n) is 4.57. The van der Waals surface area contributed by atoms with Gasteiger partial charge in [0.15, 0.2) is 0 Å². The number of rotatable bonds is 6. The maximum Gasteiger partial charge on any atom is 0.319 e. The fourth-order valence-corrected chi connectivity index (χ4v) is 2.10. The Morgan fingerprint density at radius 1 is 1.38 bits per heavy atom. The quantitative estimate of drug-likeness (QED) is 0.584. The lowest BCUT2D eigenvalue weighted by Crippen LogP contribution is -2.43. The van der Waals surface area contributed by atoms with Crippen LogP contribution in [0.4, 0.5) is 0 Å². The second kappa shape index (κ2) is 5.80. The van der Waals surface area contributed by atoms with Gasteiger partial charge in [0.05, 0.1) is 5.60 Å². The van der Waals surface area contributed by atoms with Crippen molar-refractivity contribution in [2.24, 2.45) is 0 Å². The lowest BCUT2D eigenvalue weighted by atomic mass is 9.89. The highest BCUT2D eigenvalue weighted by Gasteiger charge is 2.37. The summed E-state index contributed by atoms with van der Waals surface area (Å²) in [5.41, 5.74) is -1.03. The first kappa shape index (κ1) is 13.2. The maximum absolute atomic E-state index is 10.7. The lowest BCUT2D eigenvalue weighted by Gasteiger charge is -2.30. The molecule has 0 amide bonds. The van der Waals surface area contributed by atoms with E-state index in [1.807, 2.05) is 36.4 Å². The molecule has 0 aromatic heterocycles. The number of carboxylic acids is 1. The number of alkyl halides is 1. The van der Waals surface area contributed by atoms with Gasteiger partial charge in [-0.15, -0.1) is 0 Å². The van der Waals surface area contributed by atoms with Crippen molar-refractivity contribution in [2.75, 3.05) is 0 Å². The van der Waals surface area contributed by atoms with Crippen molar-refractivity contribution in [3.05, 3.63) is 0 Å². The fourth-order valence-electron chi connectivity index (χ4n) is 1.47. The predicted octanol–water partition coefficient (Wildman–Crippen LogP) is 2.21. The van der Waals surface area contributed by atoms with Gasteiger partial charge in [-0.05, 0) is 12.8 Å². The second-order valence-corrected chi connectivity index (χ2v) is 4.55. The van der Waals surface area contributed by atoms with Crippen molar-refractivity contribution in [3.63, 3.8) is 0 Å². The number of hydrogen-bond donors (Lipinski definition) is 2. The van der Waals surface area contributed by atoms with Gasteiger partial charge in [-0.1, -0.05) is 49.3 Å². The topological polar surface area (TPSA) is 57.5 Å². The molecular weight excluding hydrogens is 283 g/mol. The molecule has 0 unspecified atom stereocenters. The Morgan fingerprint density at radius 3 is 2.00 bits per heavy atom. The second-order valence-electron chi connectivity index (χ2n) is 3.30. The summed E-state index contributed by atoms with van der Waals surface area (Å²) >= 11 is 1.81. The minimum atomic E-state index is -1.03. The van der Waals surface area contributed by atoms with Crippen LogP contribution in [-0.4, -0.2) is 25.7 Å². The Morgan fingerprint density at radius 2 is 1.77 bits per heavy atom. The summed E-state index contributed by atoms with van der Waals surface area (Å²) < 4.78 is -0.704. The molecule has 0 aliphatic rings. The highest BCUT2D eigenvalue weighted by Crippen LogP contribution is 2.29. The van der Waals surface area contributed by atoms with Crippen molar-refractivity contribution in [2.45, 2.75) is 49.1 Å². The van der Waals surface area contributed by atoms with E-state index in [0.29, 0.717) is 12.8 Å². The van der Waals surface area contributed by atoms with Crippen molar-refractivity contribution in [1.82, 2.24) is 0 Å². The van der Waals surface area contributed by atoms with E-state index < -0.39 is 15.5 Å². The third kappa shape index (κ3) is 3.81. The van der Waals surface area contributed by atoms with E-state index in [0.717, 1.165) is 12.8 Å². The largest absolute Gasteiger partial charge is 0.480 e. The Bertz CT molecular complexity index is 164. The van der Waals surface area contributed by atoms with Crippen LogP contribution in [0.3, 0.4) is 0 Å². The van der Waals surface area contributed by atoms with Crippen LogP contribution >= 0.6 is 22.6 Å². The van der Waals surface area contributed by atoms with Gasteiger partial charge in [-0.2, -0.15) is 0 Å². The van der Waals surface area contributed by atoms with Crippen LogP contribution in [0.1, 0.15) is 39.5 Å². The highest BCUT2D eigenvalue weighted by molar-refractivity contribution is 14.1. The van der Waals surface area contributed by atoms with Crippen molar-refractivity contribution in [1.29, 1.82) is 0 Å². The number of carbonyl (C=O) groups is 1. The third-order valence-corrected chi connectivity index (χ3v) is 3.75. The first-order valence-corrected chi connectivity index (χ1v) is 5.81. The summed E-state index contributed by atoms with van der Waals surface area (Å²) in [6, 6.07) is 0. The average Bonchev–Trinajstić information content (AvgIpc) is 2.03. The van der Waals surface area contributed by atoms with Crippen LogP contribution in [0.2, 0.25) is 0 Å². The van der Waals surface area contributed by atoms with Gasteiger partial charge in [0, 0.05) is 0 Å². The van der Waals surface area contributed by atoms with Crippen LogP contribution in [0.15, 0.2) is 0 Å². The number of aliphatic carboxylic acids is 1. The molecule has 0 radical (unpaired) electrons. The van der Waals surface area contributed by atoms with Gasteiger partial charge < -0.3 is 10.2 Å². The normalized spacial score (nSPS) is 14.2. The Hall–Kier alpha value is 0.160. The van der Waals surface area contributed by atoms with E-state index in [1.165, 1.54) is 0 Å². The van der Waals surface area contributed by atoms with Gasteiger partial charge in [-0.3, -0.25) is 4.79 Å². The molecule has 3 nitrogen and oxygen atoms in total. The van der Waals surface area contributed by atoms with Gasteiger partial charge in [0.1, 0.15) is 3.92 Å². The van der Waals surface area contributed by atoms with Crippen LogP contribution in [0.25, 0.3) is 0 Å². The summed E-state index contributed by atoms with van der Waals surface area (Å²) in [5, 5.41) is 18.9. The van der Waals surface area contributed by atoms with Gasteiger partial charge in [-0.25, -0.2) is 0 Å². The molecule has 0 aromatic carbocycles. The molecular formula is C9H17IO3. The fraction of sp³-hybridized carbons (Fsp3) is 0.889. The van der Waals surface area contributed by atoms with Crippen LogP contribution in [0.5, 0.6) is 0 Å². The average molecular weight is 300 g/mol. The van der Waals surface area contributed by atoms with Crippen molar-refractivity contribution < 1.29 is 15.0 Å². The third-order valence-electron chi connectivity index (χ3n) is 2.05. The van der Waals surface area contributed by atoms with E-state index >= 15 is 0 Å². The molecule has 1 atom stereocenters. The Labute approximate surface area is 92.7 Å². The number of hydrogen-bond acceptors (Lipinski definition) is 2. The zero-order valence-electron chi connectivity index (χ0n) is 8.09. The molecule has 0 aromatic rings. The summed E-state index contributed by atoms with van der Waals surface area (Å²) in [5.74, 6) is -0.926. The molecule has 0 bridgehead atoms. The Kier molecular flexibility index (Phi) is 5.87. The molecule has 0 heterocycles. The van der Waals surface area contributed by atoms with Gasteiger partial charge in [0.2, 0.25) is 0 Å². The SMILES string of the molecule is CCCC(O)(CCC)[C@@H](I)C(=O)O. The smallest absolute Gasteiger partial charge is 0.319 e. The molecule has 0 rings (SSSR count).